The number of aliphatic hydroxyl groups is 1. The molecule has 37 heavy (non-hydrogen) atoms. The van der Waals surface area contributed by atoms with E-state index in [4.69, 9.17) is 13.3 Å². The molecule has 0 radical (unpaired) electrons. The summed E-state index contributed by atoms with van der Waals surface area (Å²) in [6.07, 6.45) is 23.0. The van der Waals surface area contributed by atoms with Crippen LogP contribution < -0.4 is 0 Å². The van der Waals surface area contributed by atoms with Crippen LogP contribution in [-0.2, 0) is 13.3 Å². The van der Waals surface area contributed by atoms with Crippen LogP contribution in [0.2, 0.25) is 6.04 Å². The van der Waals surface area contributed by atoms with Gasteiger partial charge in [0.05, 0.1) is 51.6 Å². The number of nitrogens with zero attached hydrogens (tertiary/aromatic N) is 1. The highest BCUT2D eigenvalue weighted by Crippen LogP contribution is 2.32. The van der Waals surface area contributed by atoms with Crippen molar-refractivity contribution in [3.05, 3.63) is 0 Å². The van der Waals surface area contributed by atoms with Gasteiger partial charge in [0, 0.05) is 12.5 Å². The van der Waals surface area contributed by atoms with Crippen LogP contribution in [0.3, 0.4) is 0 Å². The molecule has 6 heteroatoms. The van der Waals surface area contributed by atoms with E-state index >= 15 is 0 Å². The van der Waals surface area contributed by atoms with E-state index < -0.39 is 14.9 Å². The third kappa shape index (κ3) is 16.7. The maximum absolute atomic E-state index is 9.93. The number of quaternary nitrogens is 1. The zero-order valence-corrected chi connectivity index (χ0v) is 27.1. The smallest absolute Gasteiger partial charge is 0.391 e. The lowest BCUT2D eigenvalue weighted by Crippen LogP contribution is -2.48. The van der Waals surface area contributed by atoms with Crippen molar-refractivity contribution < 1.29 is 22.9 Å². The number of aliphatic hydroxyl groups excluding tert-OH is 1. The van der Waals surface area contributed by atoms with Gasteiger partial charge in [0.1, 0.15) is 0 Å². The third-order valence-electron chi connectivity index (χ3n) is 8.30. The average Bonchev–Trinajstić information content (AvgIpc) is 3.11. The van der Waals surface area contributed by atoms with Crippen molar-refractivity contribution in [2.45, 2.75) is 174 Å². The lowest BCUT2D eigenvalue weighted by molar-refractivity contribution is -0.890. The van der Waals surface area contributed by atoms with Gasteiger partial charge in [-0.05, 0) is 40.5 Å². The van der Waals surface area contributed by atoms with Gasteiger partial charge in [-0.2, -0.15) is 0 Å². The molecule has 5 nitrogen and oxygen atoms in total. The van der Waals surface area contributed by atoms with Crippen LogP contribution in [0.15, 0.2) is 0 Å². The summed E-state index contributed by atoms with van der Waals surface area (Å²) in [5.74, 6) is 0. The monoisotopic (exact) mass is 544 g/mol. The molecule has 1 N–H and O–H groups in total. The zero-order chi connectivity index (χ0) is 27.6. The summed E-state index contributed by atoms with van der Waals surface area (Å²) >= 11 is 0. The highest BCUT2D eigenvalue weighted by molar-refractivity contribution is 6.61. The van der Waals surface area contributed by atoms with Gasteiger partial charge in [-0.1, -0.05) is 96.8 Å². The lowest BCUT2D eigenvalue weighted by Gasteiger charge is -2.32. The summed E-state index contributed by atoms with van der Waals surface area (Å²) in [4.78, 5) is 0. The van der Waals surface area contributed by atoms with E-state index in [1.165, 1.54) is 109 Å². The Morgan fingerprint density at radius 3 is 1.46 bits per heavy atom. The van der Waals surface area contributed by atoms with E-state index in [0.717, 1.165) is 23.5 Å². The SMILES string of the molecule is CCCCCCCCCCCCCCCCCC[N+](C)(C)CCC[Si]1(OC(C)C(C)O)OC(C)C(C)O1. The van der Waals surface area contributed by atoms with E-state index in [-0.39, 0.29) is 18.3 Å². The summed E-state index contributed by atoms with van der Waals surface area (Å²) in [5.41, 5.74) is 0. The molecule has 0 aromatic rings. The lowest BCUT2D eigenvalue weighted by atomic mass is 10.0. The Morgan fingerprint density at radius 1 is 0.676 bits per heavy atom. The summed E-state index contributed by atoms with van der Waals surface area (Å²) in [5, 5.41) is 9.93. The molecule has 0 aliphatic carbocycles. The van der Waals surface area contributed by atoms with Gasteiger partial charge in [0.25, 0.3) is 0 Å². The van der Waals surface area contributed by atoms with E-state index in [1.807, 2.05) is 6.92 Å². The summed E-state index contributed by atoms with van der Waals surface area (Å²) < 4.78 is 19.8. The summed E-state index contributed by atoms with van der Waals surface area (Å²) in [6, 6.07) is 0.833. The highest BCUT2D eigenvalue weighted by Gasteiger charge is 2.52. The van der Waals surface area contributed by atoms with Gasteiger partial charge in [0.2, 0.25) is 0 Å². The highest BCUT2D eigenvalue weighted by atomic mass is 28.4. The van der Waals surface area contributed by atoms with Crippen molar-refractivity contribution >= 4 is 8.80 Å². The Labute approximate surface area is 233 Å². The van der Waals surface area contributed by atoms with Crippen molar-refractivity contribution in [1.29, 1.82) is 0 Å². The fourth-order valence-corrected chi connectivity index (χ4v) is 8.71. The van der Waals surface area contributed by atoms with Gasteiger partial charge in [-0.15, -0.1) is 0 Å². The Kier molecular flexibility index (Phi) is 18.9. The maximum atomic E-state index is 9.93. The normalized spacial score (nSPS) is 24.0. The minimum absolute atomic E-state index is 0.0560. The molecule has 0 aromatic heterocycles. The molecule has 0 saturated carbocycles. The minimum atomic E-state index is -2.73. The van der Waals surface area contributed by atoms with E-state index in [9.17, 15) is 5.11 Å². The van der Waals surface area contributed by atoms with Crippen LogP contribution in [-0.4, -0.2) is 70.0 Å². The molecule has 1 saturated heterocycles. The van der Waals surface area contributed by atoms with E-state index in [2.05, 4.69) is 34.9 Å². The third-order valence-corrected chi connectivity index (χ3v) is 11.5. The predicted molar refractivity (Wildman–Crippen MR) is 160 cm³/mol. The Bertz CT molecular complexity index is 535. The van der Waals surface area contributed by atoms with Crippen molar-refractivity contribution in [2.75, 3.05) is 27.2 Å². The van der Waals surface area contributed by atoms with E-state index in [1.54, 1.807) is 6.92 Å². The molecule has 0 bridgehead atoms. The Morgan fingerprint density at radius 2 is 1.05 bits per heavy atom. The van der Waals surface area contributed by atoms with Crippen molar-refractivity contribution in [2.24, 2.45) is 0 Å². The quantitative estimate of drug-likeness (QED) is 0.0755. The maximum Gasteiger partial charge on any atom is 0.502 e. The predicted octanol–water partition coefficient (Wildman–Crippen LogP) is 8.26. The molecule has 1 rings (SSSR count). The second kappa shape index (κ2) is 20.0. The second-order valence-corrected chi connectivity index (χ2v) is 15.3. The van der Waals surface area contributed by atoms with Crippen molar-refractivity contribution in [3.63, 3.8) is 0 Å². The molecule has 1 heterocycles. The Balaban J connectivity index is 2.07. The van der Waals surface area contributed by atoms with Crippen molar-refractivity contribution in [3.8, 4) is 0 Å². The molecule has 0 amide bonds. The first-order chi connectivity index (χ1) is 17.6. The van der Waals surface area contributed by atoms with Crippen LogP contribution >= 0.6 is 0 Å². The number of hydrogen-bond acceptors (Lipinski definition) is 4. The minimum Gasteiger partial charge on any atom is -0.391 e. The standard InChI is InChI=1S/C31H66NO4Si/c1-8-9-10-11-12-13-14-15-16-17-18-19-20-21-22-23-25-32(6,7)26-24-27-37(34-29(3)28(2)33)35-30(4)31(5)36-37/h28-31,33H,8-27H2,1-7H3/q+1. The first kappa shape index (κ1) is 35.0. The zero-order valence-electron chi connectivity index (χ0n) is 26.1. The van der Waals surface area contributed by atoms with Crippen LogP contribution in [0.5, 0.6) is 0 Å². The van der Waals surface area contributed by atoms with E-state index in [0.29, 0.717) is 0 Å². The fourth-order valence-electron chi connectivity index (χ4n) is 5.32. The summed E-state index contributed by atoms with van der Waals surface area (Å²) in [6.45, 7) is 12.4. The molecular formula is C31H66NO4Si+. The fraction of sp³-hybridized carbons (Fsp3) is 1.00. The van der Waals surface area contributed by atoms with Gasteiger partial charge >= 0.3 is 8.80 Å². The van der Waals surface area contributed by atoms with Crippen LogP contribution in [0.1, 0.15) is 144 Å². The van der Waals surface area contributed by atoms with Gasteiger partial charge in [-0.3, -0.25) is 0 Å². The van der Waals surface area contributed by atoms with Gasteiger partial charge in [-0.25, -0.2) is 0 Å². The molecule has 222 valence electrons. The molecular weight excluding hydrogens is 478 g/mol. The number of rotatable bonds is 24. The second-order valence-electron chi connectivity index (χ2n) is 12.7. The largest absolute Gasteiger partial charge is 0.502 e. The Hall–Kier alpha value is 0.0169. The van der Waals surface area contributed by atoms with Crippen LogP contribution in [0.25, 0.3) is 0 Å². The van der Waals surface area contributed by atoms with Gasteiger partial charge < -0.3 is 22.9 Å². The van der Waals surface area contributed by atoms with Crippen molar-refractivity contribution in [1.82, 2.24) is 0 Å². The molecule has 0 aromatic carbocycles. The first-order valence-corrected chi connectivity index (χ1v) is 18.1. The molecule has 1 aliphatic rings. The number of unbranched alkanes of at least 4 members (excludes halogenated alkanes) is 15. The molecule has 1 fully saturated rings. The molecule has 1 aliphatic heterocycles. The summed E-state index contributed by atoms with van der Waals surface area (Å²) in [7, 11) is 1.96. The van der Waals surface area contributed by atoms with Gasteiger partial charge in [0.15, 0.2) is 0 Å². The molecule has 4 atom stereocenters. The first-order valence-electron chi connectivity index (χ1n) is 16.1. The molecule has 4 unspecified atom stereocenters. The molecule has 0 spiro atoms. The topological polar surface area (TPSA) is 47.9 Å². The van der Waals surface area contributed by atoms with Crippen LogP contribution in [0, 0.1) is 0 Å². The van der Waals surface area contributed by atoms with Crippen LogP contribution in [0.4, 0.5) is 0 Å². The average molecular weight is 545 g/mol. The number of hydrogen-bond donors (Lipinski definition) is 1.